The zero-order valence-corrected chi connectivity index (χ0v) is 38.4. The summed E-state index contributed by atoms with van der Waals surface area (Å²) in [6.45, 7) is 3.90. The Kier molecular flexibility index (Phi) is 37.4. The summed E-state index contributed by atoms with van der Waals surface area (Å²) in [6.07, 6.45) is 46.4. The van der Waals surface area contributed by atoms with Crippen molar-refractivity contribution in [2.75, 3.05) is 47.5 Å². The summed E-state index contributed by atoms with van der Waals surface area (Å²) < 4.78 is 33.8. The Labute approximate surface area is 359 Å². The zero-order valence-electron chi connectivity index (χ0n) is 37.5. The number of carbonyl (C=O) groups excluding carboxylic acids is 2. The number of phosphoric acid groups is 1. The number of ether oxygens (including phenoxy) is 2. The Bertz CT molecular complexity index is 1300. The summed E-state index contributed by atoms with van der Waals surface area (Å²) in [5.74, 6) is -0.959. The highest BCUT2D eigenvalue weighted by atomic mass is 31.2. The maximum atomic E-state index is 12.7. The molecule has 0 aliphatic heterocycles. The van der Waals surface area contributed by atoms with Crippen LogP contribution in [0.3, 0.4) is 0 Å². The summed E-state index contributed by atoms with van der Waals surface area (Å²) in [5, 5.41) is 10.0. The molecule has 0 fully saturated rings. The van der Waals surface area contributed by atoms with Crippen molar-refractivity contribution < 1.29 is 47.2 Å². The van der Waals surface area contributed by atoms with E-state index in [2.05, 4.69) is 56.4 Å². The largest absolute Gasteiger partial charge is 0.756 e. The molecular formula is C48H82NO9P. The van der Waals surface area contributed by atoms with Crippen molar-refractivity contribution in [2.24, 2.45) is 0 Å². The van der Waals surface area contributed by atoms with Crippen LogP contribution in [0.1, 0.15) is 149 Å². The smallest absolute Gasteiger partial charge is 0.306 e. The highest BCUT2D eigenvalue weighted by Crippen LogP contribution is 2.38. The third kappa shape index (κ3) is 43.1. The van der Waals surface area contributed by atoms with Crippen molar-refractivity contribution in [2.45, 2.75) is 161 Å². The van der Waals surface area contributed by atoms with E-state index in [9.17, 15) is 24.2 Å². The molecule has 0 aliphatic carbocycles. The second kappa shape index (κ2) is 39.3. The van der Waals surface area contributed by atoms with E-state index in [0.29, 0.717) is 36.7 Å². The van der Waals surface area contributed by atoms with Crippen LogP contribution in [0.2, 0.25) is 0 Å². The Morgan fingerprint density at radius 2 is 1.20 bits per heavy atom. The van der Waals surface area contributed by atoms with Crippen molar-refractivity contribution >= 4 is 19.8 Å². The maximum Gasteiger partial charge on any atom is 0.306 e. The minimum absolute atomic E-state index is 0.0559. The fourth-order valence-electron chi connectivity index (χ4n) is 5.45. The molecule has 338 valence electrons. The van der Waals surface area contributed by atoms with Crippen LogP contribution in [0, 0.1) is 0 Å². The average molecular weight is 848 g/mol. The van der Waals surface area contributed by atoms with Gasteiger partial charge in [0.2, 0.25) is 0 Å². The first-order valence-electron chi connectivity index (χ1n) is 22.4. The first-order valence-corrected chi connectivity index (χ1v) is 23.9. The molecule has 0 aromatic rings. The predicted molar refractivity (Wildman–Crippen MR) is 242 cm³/mol. The van der Waals surface area contributed by atoms with Crippen LogP contribution < -0.4 is 4.89 Å². The van der Waals surface area contributed by atoms with E-state index in [4.69, 9.17) is 18.5 Å². The fourth-order valence-corrected chi connectivity index (χ4v) is 6.18. The summed E-state index contributed by atoms with van der Waals surface area (Å²) in [6, 6.07) is 0. The number of likely N-dealkylation sites (N-methyl/N-ethyl adjacent to an activating group) is 1. The summed E-state index contributed by atoms with van der Waals surface area (Å²) in [5.41, 5.74) is 0. The van der Waals surface area contributed by atoms with Gasteiger partial charge in [0.25, 0.3) is 7.82 Å². The van der Waals surface area contributed by atoms with Crippen LogP contribution in [-0.4, -0.2) is 81.2 Å². The molecule has 2 unspecified atom stereocenters. The molecule has 0 saturated carbocycles. The molecular weight excluding hydrogens is 765 g/mol. The number of hydrogen-bond acceptors (Lipinski definition) is 9. The molecule has 0 amide bonds. The third-order valence-electron chi connectivity index (χ3n) is 8.98. The van der Waals surface area contributed by atoms with Gasteiger partial charge in [0.1, 0.15) is 19.8 Å². The van der Waals surface area contributed by atoms with E-state index in [0.717, 1.165) is 51.4 Å². The molecule has 0 radical (unpaired) electrons. The lowest BCUT2D eigenvalue weighted by Crippen LogP contribution is -2.37. The van der Waals surface area contributed by atoms with Crippen molar-refractivity contribution in [3.05, 3.63) is 85.1 Å². The first-order chi connectivity index (χ1) is 28.4. The first kappa shape index (κ1) is 56.1. The van der Waals surface area contributed by atoms with Crippen LogP contribution in [0.15, 0.2) is 85.1 Å². The van der Waals surface area contributed by atoms with E-state index in [1.54, 1.807) is 6.08 Å². The van der Waals surface area contributed by atoms with Gasteiger partial charge >= 0.3 is 11.9 Å². The maximum absolute atomic E-state index is 12.7. The highest BCUT2D eigenvalue weighted by molar-refractivity contribution is 7.45. The monoisotopic (exact) mass is 848 g/mol. The Hall–Kier alpha value is -2.85. The van der Waals surface area contributed by atoms with Crippen molar-refractivity contribution in [1.29, 1.82) is 0 Å². The Balaban J connectivity index is 4.53. The van der Waals surface area contributed by atoms with Crippen molar-refractivity contribution in [3.8, 4) is 0 Å². The molecule has 0 heterocycles. The number of phosphoric ester groups is 1. The van der Waals surface area contributed by atoms with E-state index >= 15 is 0 Å². The molecule has 59 heavy (non-hydrogen) atoms. The summed E-state index contributed by atoms with van der Waals surface area (Å²) in [7, 11) is 1.08. The van der Waals surface area contributed by atoms with Gasteiger partial charge in [0, 0.05) is 12.8 Å². The average Bonchev–Trinajstić information content (AvgIpc) is 3.18. The van der Waals surface area contributed by atoms with Gasteiger partial charge in [-0.25, -0.2) is 0 Å². The number of esters is 2. The molecule has 1 N–H and O–H groups in total. The van der Waals surface area contributed by atoms with Crippen LogP contribution in [0.4, 0.5) is 0 Å². The number of hydrogen-bond donors (Lipinski definition) is 1. The minimum Gasteiger partial charge on any atom is -0.756 e. The number of carbonyl (C=O) groups is 2. The van der Waals surface area contributed by atoms with Gasteiger partial charge in [0.15, 0.2) is 6.10 Å². The Morgan fingerprint density at radius 1 is 0.644 bits per heavy atom. The van der Waals surface area contributed by atoms with Gasteiger partial charge in [0.05, 0.1) is 33.9 Å². The topological polar surface area (TPSA) is 131 Å². The van der Waals surface area contributed by atoms with E-state index in [-0.39, 0.29) is 26.1 Å². The standard InChI is InChI=1S/C48H82NO9P/c1-6-8-10-12-14-15-16-17-18-19-20-21-22-23-28-32-36-40-48(52)58-46(44-57-59(53,54)56-42-41-49(3,4)5)43-55-47(51)39-35-31-27-25-24-26-30-34-38-45(50)37-33-29-13-11-9-7-2/h9,11,14-15,17-18,25-27,29-30,33-34,38,45-46,50H,6-8,10,12-13,16,19-24,28,31-32,35-37,39-44H2,1-5H3/b11-9-,15-14-,18-17-,27-25-,30-26-,33-29-,38-34+/t45?,46-/m1/s1. The number of rotatable bonds is 39. The molecule has 11 heteroatoms. The Morgan fingerprint density at radius 3 is 1.85 bits per heavy atom. The van der Waals surface area contributed by atoms with Gasteiger partial charge in [-0.15, -0.1) is 0 Å². The molecule has 10 nitrogen and oxygen atoms in total. The number of quaternary nitrogens is 1. The minimum atomic E-state index is -4.66. The third-order valence-corrected chi connectivity index (χ3v) is 9.94. The molecule has 0 aromatic carbocycles. The number of allylic oxidation sites excluding steroid dienone is 12. The highest BCUT2D eigenvalue weighted by Gasteiger charge is 2.21. The van der Waals surface area contributed by atoms with Crippen LogP contribution >= 0.6 is 7.82 Å². The van der Waals surface area contributed by atoms with Crippen molar-refractivity contribution in [1.82, 2.24) is 0 Å². The molecule has 0 bridgehead atoms. The molecule has 0 saturated heterocycles. The van der Waals surface area contributed by atoms with Crippen LogP contribution in [-0.2, 0) is 32.7 Å². The van der Waals surface area contributed by atoms with E-state index in [1.165, 1.54) is 44.9 Å². The second-order valence-electron chi connectivity index (χ2n) is 15.9. The van der Waals surface area contributed by atoms with Gasteiger partial charge in [-0.1, -0.05) is 144 Å². The summed E-state index contributed by atoms with van der Waals surface area (Å²) >= 11 is 0. The molecule has 0 spiro atoms. The van der Waals surface area contributed by atoms with Crippen molar-refractivity contribution in [3.63, 3.8) is 0 Å². The molecule has 3 atom stereocenters. The molecule has 0 aromatic heterocycles. The van der Waals surface area contributed by atoms with E-state index in [1.807, 2.05) is 57.6 Å². The van der Waals surface area contributed by atoms with E-state index < -0.39 is 38.6 Å². The summed E-state index contributed by atoms with van der Waals surface area (Å²) in [4.78, 5) is 37.5. The van der Waals surface area contributed by atoms with Gasteiger partial charge < -0.3 is 33.0 Å². The zero-order chi connectivity index (χ0) is 43.7. The quantitative estimate of drug-likeness (QED) is 0.0160. The van der Waals surface area contributed by atoms with Gasteiger partial charge in [-0.2, -0.15) is 0 Å². The lowest BCUT2D eigenvalue weighted by molar-refractivity contribution is -0.870. The fraction of sp³-hybridized carbons (Fsp3) is 0.667. The number of nitrogens with zero attached hydrogens (tertiary/aromatic N) is 1. The number of unbranched alkanes of at least 4 members (excludes halogenated alkanes) is 11. The second-order valence-corrected chi connectivity index (χ2v) is 17.3. The van der Waals surface area contributed by atoms with Crippen LogP contribution in [0.25, 0.3) is 0 Å². The number of aliphatic hydroxyl groups is 1. The van der Waals surface area contributed by atoms with Crippen LogP contribution in [0.5, 0.6) is 0 Å². The molecule has 0 aliphatic rings. The predicted octanol–water partition coefficient (Wildman–Crippen LogP) is 11.1. The lowest BCUT2D eigenvalue weighted by Gasteiger charge is -2.28. The normalized spacial score (nSPS) is 14.9. The molecule has 0 rings (SSSR count). The lowest BCUT2D eigenvalue weighted by atomic mass is 10.1. The van der Waals surface area contributed by atoms with Gasteiger partial charge in [-0.05, 0) is 77.0 Å². The van der Waals surface area contributed by atoms with Gasteiger partial charge in [-0.3, -0.25) is 14.2 Å². The SMILES string of the molecule is CC/C=C\C/C=C\CC(O)/C=C/C=C\C/C=C\CCCC(=O)OC[C@H](COP(=O)([O-])OCC[N+](C)(C)C)OC(=O)CCCCCCCCC/C=C\C/C=C\CCCCC. The number of aliphatic hydroxyl groups excluding tert-OH is 1.